The van der Waals surface area contributed by atoms with Gasteiger partial charge >= 0.3 is 0 Å². The van der Waals surface area contributed by atoms with Crippen LogP contribution in [0.3, 0.4) is 0 Å². The minimum Gasteiger partial charge on any atom is -0.345 e. The Kier molecular flexibility index (Phi) is 7.92. The summed E-state index contributed by atoms with van der Waals surface area (Å²) >= 11 is 0. The van der Waals surface area contributed by atoms with Crippen molar-refractivity contribution >= 4 is 22.6 Å². The van der Waals surface area contributed by atoms with Crippen LogP contribution in [0.25, 0.3) is 11.1 Å². The van der Waals surface area contributed by atoms with Gasteiger partial charge in [-0.05, 0) is 52.6 Å². The standard InChI is InChI=1S/C28H25F3N2O3S/c1-32(2)28(35)19-5-3-18(4-6-19)16-33(23-11-12-37(36)17-23)27(34)15-22-8-7-20(13-25(22)30)21-9-10-24(29)26(31)14-21/h3-14,23H,15-17H2,1-2H3. The molecule has 192 valence electrons. The Hall–Kier alpha value is -3.72. The zero-order valence-electron chi connectivity index (χ0n) is 20.3. The van der Waals surface area contributed by atoms with Crippen molar-refractivity contribution in [2.24, 2.45) is 0 Å². The number of hydrogen-bond acceptors (Lipinski definition) is 3. The Bertz CT molecular complexity index is 1390. The second-order valence-corrected chi connectivity index (χ2v) is 10.3. The molecule has 0 radical (unpaired) electrons. The zero-order valence-corrected chi connectivity index (χ0v) is 21.1. The Balaban J connectivity index is 1.54. The van der Waals surface area contributed by atoms with Crippen molar-refractivity contribution in [3.8, 4) is 11.1 Å². The van der Waals surface area contributed by atoms with E-state index in [9.17, 15) is 27.0 Å². The van der Waals surface area contributed by atoms with Gasteiger partial charge < -0.3 is 9.80 Å². The Labute approximate surface area is 215 Å². The van der Waals surface area contributed by atoms with E-state index in [2.05, 4.69) is 0 Å². The van der Waals surface area contributed by atoms with E-state index in [1.807, 2.05) is 0 Å². The van der Waals surface area contributed by atoms with Gasteiger partial charge in [0.2, 0.25) is 5.91 Å². The van der Waals surface area contributed by atoms with Crippen molar-refractivity contribution in [3.63, 3.8) is 0 Å². The molecule has 3 aromatic rings. The van der Waals surface area contributed by atoms with Crippen LogP contribution in [-0.2, 0) is 28.6 Å². The molecule has 0 aliphatic carbocycles. The lowest BCUT2D eigenvalue weighted by molar-refractivity contribution is -0.132. The Morgan fingerprint density at radius 2 is 1.54 bits per heavy atom. The molecule has 1 aliphatic heterocycles. The molecule has 1 heterocycles. The first-order chi connectivity index (χ1) is 17.6. The molecule has 0 saturated carbocycles. The molecule has 0 N–H and O–H groups in total. The molecule has 3 aromatic carbocycles. The molecule has 1 aliphatic rings. The molecule has 0 fully saturated rings. The largest absolute Gasteiger partial charge is 0.345 e. The van der Waals surface area contributed by atoms with Crippen LogP contribution < -0.4 is 0 Å². The highest BCUT2D eigenvalue weighted by Gasteiger charge is 2.27. The lowest BCUT2D eigenvalue weighted by Gasteiger charge is -2.28. The molecule has 5 nitrogen and oxygen atoms in total. The van der Waals surface area contributed by atoms with Gasteiger partial charge in [-0.3, -0.25) is 13.8 Å². The topological polar surface area (TPSA) is 57.7 Å². The maximum Gasteiger partial charge on any atom is 0.253 e. The van der Waals surface area contributed by atoms with Crippen molar-refractivity contribution < 1.29 is 27.0 Å². The molecule has 2 atom stereocenters. The normalized spacial score (nSPS) is 16.6. The van der Waals surface area contributed by atoms with Crippen molar-refractivity contribution in [2.45, 2.75) is 19.0 Å². The number of nitrogens with zero attached hydrogens (tertiary/aromatic N) is 2. The van der Waals surface area contributed by atoms with Crippen molar-refractivity contribution in [1.82, 2.24) is 9.80 Å². The van der Waals surface area contributed by atoms with Crippen LogP contribution in [0.1, 0.15) is 21.5 Å². The third-order valence-electron chi connectivity index (χ3n) is 6.12. The second kappa shape index (κ2) is 11.1. The van der Waals surface area contributed by atoms with Crippen LogP contribution in [0.5, 0.6) is 0 Å². The van der Waals surface area contributed by atoms with Crippen LogP contribution >= 0.6 is 0 Å². The molecule has 2 unspecified atom stereocenters. The average Bonchev–Trinajstić information content (AvgIpc) is 3.31. The van der Waals surface area contributed by atoms with Gasteiger partial charge in [0.05, 0.1) is 18.2 Å². The van der Waals surface area contributed by atoms with Crippen LogP contribution in [0.2, 0.25) is 0 Å². The molecule has 0 aromatic heterocycles. The predicted octanol–water partition coefficient (Wildman–Crippen LogP) is 4.69. The van der Waals surface area contributed by atoms with E-state index in [0.717, 1.165) is 17.7 Å². The van der Waals surface area contributed by atoms with Gasteiger partial charge in [0.25, 0.3) is 5.91 Å². The fourth-order valence-electron chi connectivity index (χ4n) is 4.06. The van der Waals surface area contributed by atoms with Crippen LogP contribution in [-0.4, -0.2) is 51.7 Å². The van der Waals surface area contributed by atoms with E-state index in [4.69, 9.17) is 0 Å². The molecule has 0 spiro atoms. The van der Waals surface area contributed by atoms with E-state index in [0.29, 0.717) is 16.7 Å². The molecule has 37 heavy (non-hydrogen) atoms. The van der Waals surface area contributed by atoms with Crippen LogP contribution in [0, 0.1) is 17.5 Å². The quantitative estimate of drug-likeness (QED) is 0.449. The van der Waals surface area contributed by atoms with Gasteiger partial charge in [0.1, 0.15) is 5.82 Å². The summed E-state index contributed by atoms with van der Waals surface area (Å²) in [5.41, 5.74) is 2.09. The highest BCUT2D eigenvalue weighted by molar-refractivity contribution is 7.88. The van der Waals surface area contributed by atoms with Gasteiger partial charge in [0, 0.05) is 42.4 Å². The Morgan fingerprint density at radius 3 is 2.11 bits per heavy atom. The van der Waals surface area contributed by atoms with E-state index < -0.39 is 34.3 Å². The second-order valence-electron chi connectivity index (χ2n) is 8.97. The summed E-state index contributed by atoms with van der Waals surface area (Å²) in [5, 5.41) is 1.54. The summed E-state index contributed by atoms with van der Waals surface area (Å²) in [4.78, 5) is 28.5. The van der Waals surface area contributed by atoms with Crippen molar-refractivity contribution in [3.05, 3.63) is 106 Å². The first-order valence-electron chi connectivity index (χ1n) is 11.5. The van der Waals surface area contributed by atoms with Gasteiger partial charge in [-0.2, -0.15) is 0 Å². The molecule has 9 heteroatoms. The van der Waals surface area contributed by atoms with E-state index in [1.54, 1.807) is 60.8 Å². The van der Waals surface area contributed by atoms with E-state index in [-0.39, 0.29) is 36.1 Å². The minimum absolute atomic E-state index is 0.143. The third kappa shape index (κ3) is 6.17. The van der Waals surface area contributed by atoms with E-state index >= 15 is 0 Å². The highest BCUT2D eigenvalue weighted by atomic mass is 32.2. The number of amides is 2. The van der Waals surface area contributed by atoms with Crippen LogP contribution in [0.15, 0.2) is 72.1 Å². The smallest absolute Gasteiger partial charge is 0.253 e. The fourth-order valence-corrected chi connectivity index (χ4v) is 5.16. The molecular formula is C28H25F3N2O3S. The maximum absolute atomic E-state index is 15.0. The van der Waals surface area contributed by atoms with Gasteiger partial charge in [-0.25, -0.2) is 13.2 Å². The zero-order chi connectivity index (χ0) is 26.7. The summed E-state index contributed by atoms with van der Waals surface area (Å²) in [6, 6.07) is 13.9. The number of benzene rings is 3. The number of hydrogen-bond donors (Lipinski definition) is 0. The number of carbonyl (C=O) groups excluding carboxylic acids is 2. The number of carbonyl (C=O) groups is 2. The summed E-state index contributed by atoms with van der Waals surface area (Å²) in [6.07, 6.45) is 1.47. The van der Waals surface area contributed by atoms with Crippen molar-refractivity contribution in [1.29, 1.82) is 0 Å². The molecule has 2 amide bonds. The van der Waals surface area contributed by atoms with Gasteiger partial charge in [-0.1, -0.05) is 36.4 Å². The fraction of sp³-hybridized carbons (Fsp3) is 0.214. The van der Waals surface area contributed by atoms with Crippen molar-refractivity contribution in [2.75, 3.05) is 19.8 Å². The number of rotatable bonds is 7. The SMILES string of the molecule is CN(C)C(=O)c1ccc(CN(C(=O)Cc2ccc(-c3ccc(F)c(F)c3)cc2F)C2C=CS(=O)C2)cc1. The first-order valence-corrected chi connectivity index (χ1v) is 12.9. The maximum atomic E-state index is 15.0. The summed E-state index contributed by atoms with van der Waals surface area (Å²) in [5.74, 6) is -2.92. The van der Waals surface area contributed by atoms with Gasteiger partial charge in [-0.15, -0.1) is 0 Å². The monoisotopic (exact) mass is 526 g/mol. The summed E-state index contributed by atoms with van der Waals surface area (Å²) < 4.78 is 53.8. The molecule has 0 bridgehead atoms. The lowest BCUT2D eigenvalue weighted by Crippen LogP contribution is -2.41. The van der Waals surface area contributed by atoms with E-state index in [1.165, 1.54) is 23.1 Å². The third-order valence-corrected chi connectivity index (χ3v) is 7.25. The minimum atomic E-state index is -1.20. The molecule has 0 saturated heterocycles. The lowest BCUT2D eigenvalue weighted by atomic mass is 10.0. The summed E-state index contributed by atoms with van der Waals surface area (Å²) in [7, 11) is 2.12. The molecule has 4 rings (SSSR count). The van der Waals surface area contributed by atoms with Gasteiger partial charge in [0.15, 0.2) is 11.6 Å². The summed E-state index contributed by atoms with van der Waals surface area (Å²) in [6.45, 7) is 0.191. The predicted molar refractivity (Wildman–Crippen MR) is 136 cm³/mol. The Morgan fingerprint density at radius 1 is 0.892 bits per heavy atom. The highest BCUT2D eigenvalue weighted by Crippen LogP contribution is 2.25. The van der Waals surface area contributed by atoms with Crippen LogP contribution in [0.4, 0.5) is 13.2 Å². The number of halogens is 3. The molecular weight excluding hydrogens is 501 g/mol. The first kappa shape index (κ1) is 26.3. The average molecular weight is 527 g/mol.